The van der Waals surface area contributed by atoms with Crippen molar-refractivity contribution in [3.63, 3.8) is 0 Å². The second-order valence-corrected chi connectivity index (χ2v) is 3.16. The van der Waals surface area contributed by atoms with Crippen LogP contribution in [0.25, 0.3) is 0 Å². The Morgan fingerprint density at radius 2 is 2.18 bits per heavy atom. The van der Waals surface area contributed by atoms with Gasteiger partial charge in [0.15, 0.2) is 6.10 Å². The van der Waals surface area contributed by atoms with Gasteiger partial charge in [0.05, 0.1) is 19.3 Å². The zero-order chi connectivity index (χ0) is 12.7. The maximum atomic E-state index is 11.1. The van der Waals surface area contributed by atoms with Gasteiger partial charge >= 0.3 is 12.0 Å². The lowest BCUT2D eigenvalue weighted by molar-refractivity contribution is -0.146. The number of aromatic nitrogens is 3. The van der Waals surface area contributed by atoms with Crippen LogP contribution < -0.4 is 10.6 Å². The average molecular weight is 243 g/mol. The summed E-state index contributed by atoms with van der Waals surface area (Å²) in [6.07, 6.45) is 1.56. The van der Waals surface area contributed by atoms with Gasteiger partial charge in [-0.15, -0.1) is 5.10 Å². The zero-order valence-corrected chi connectivity index (χ0v) is 8.91. The summed E-state index contributed by atoms with van der Waals surface area (Å²) in [4.78, 5) is 21.4. The molecule has 0 unspecified atom stereocenters. The molecule has 0 aliphatic heterocycles. The highest BCUT2D eigenvalue weighted by Gasteiger charge is 2.13. The van der Waals surface area contributed by atoms with Crippen molar-refractivity contribution < 1.29 is 19.8 Å². The maximum Gasteiger partial charge on any atom is 0.334 e. The summed E-state index contributed by atoms with van der Waals surface area (Å²) in [5, 5.41) is 29.2. The molecule has 1 atom stereocenters. The molecular weight excluding hydrogens is 230 g/mol. The van der Waals surface area contributed by atoms with Crippen LogP contribution >= 0.6 is 0 Å². The standard InChI is InChI=1S/C8H13N5O4/c14-6(7(15)16)5-10-8(17)9-1-3-13-4-2-11-12-13/h2,4,6,14H,1,3,5H2,(H,15,16)(H2,9,10,17)/t6-/m0/s1. The average Bonchev–Trinajstić information content (AvgIpc) is 2.78. The van der Waals surface area contributed by atoms with Crippen molar-refractivity contribution in [2.24, 2.45) is 0 Å². The molecule has 1 aromatic rings. The fraction of sp³-hybridized carbons (Fsp3) is 0.500. The van der Waals surface area contributed by atoms with Crippen molar-refractivity contribution in [2.45, 2.75) is 12.6 Å². The minimum absolute atomic E-state index is 0.318. The van der Waals surface area contributed by atoms with Crippen LogP contribution in [0.4, 0.5) is 4.79 Å². The summed E-state index contributed by atoms with van der Waals surface area (Å²) in [6, 6.07) is -0.551. The first kappa shape index (κ1) is 12.9. The fourth-order valence-electron chi connectivity index (χ4n) is 0.975. The number of carboxylic acid groups (broad SMARTS) is 1. The second-order valence-electron chi connectivity index (χ2n) is 3.16. The van der Waals surface area contributed by atoms with Crippen molar-refractivity contribution in [3.8, 4) is 0 Å². The Kier molecular flexibility index (Phi) is 4.88. The largest absolute Gasteiger partial charge is 0.479 e. The molecule has 0 fully saturated rings. The summed E-state index contributed by atoms with van der Waals surface area (Å²) in [5.74, 6) is -1.38. The SMILES string of the molecule is O=C(NCCn1ccnn1)NC[C@H](O)C(=O)O. The monoisotopic (exact) mass is 243 g/mol. The highest BCUT2D eigenvalue weighted by atomic mass is 16.4. The van der Waals surface area contributed by atoms with Crippen LogP contribution in [0.1, 0.15) is 0 Å². The lowest BCUT2D eigenvalue weighted by Crippen LogP contribution is -2.42. The molecule has 4 N–H and O–H groups in total. The third-order valence-electron chi connectivity index (χ3n) is 1.84. The molecule has 1 rings (SSSR count). The van der Waals surface area contributed by atoms with E-state index in [4.69, 9.17) is 10.2 Å². The third-order valence-corrected chi connectivity index (χ3v) is 1.84. The van der Waals surface area contributed by atoms with E-state index in [1.165, 1.54) is 10.9 Å². The lowest BCUT2D eigenvalue weighted by Gasteiger charge is -2.09. The quantitative estimate of drug-likeness (QED) is 0.458. The van der Waals surface area contributed by atoms with E-state index in [1.54, 1.807) is 6.20 Å². The highest BCUT2D eigenvalue weighted by molar-refractivity contribution is 5.76. The molecule has 9 heteroatoms. The van der Waals surface area contributed by atoms with Gasteiger partial charge in [0.1, 0.15) is 0 Å². The Hall–Kier alpha value is -2.16. The first-order valence-corrected chi connectivity index (χ1v) is 4.86. The van der Waals surface area contributed by atoms with Crippen LogP contribution in [-0.2, 0) is 11.3 Å². The smallest absolute Gasteiger partial charge is 0.334 e. The molecule has 0 spiro atoms. The normalized spacial score (nSPS) is 11.8. The van der Waals surface area contributed by atoms with E-state index in [0.717, 1.165) is 0 Å². The number of rotatable bonds is 6. The van der Waals surface area contributed by atoms with E-state index in [1.807, 2.05) is 0 Å². The molecule has 17 heavy (non-hydrogen) atoms. The molecule has 2 amide bonds. The first-order valence-electron chi connectivity index (χ1n) is 4.86. The van der Waals surface area contributed by atoms with Gasteiger partial charge in [-0.05, 0) is 0 Å². The molecule has 9 nitrogen and oxygen atoms in total. The number of urea groups is 1. The molecule has 0 aliphatic carbocycles. The third kappa shape index (κ3) is 4.93. The Labute approximate surface area is 96.4 Å². The van der Waals surface area contributed by atoms with Gasteiger partial charge in [-0.2, -0.15) is 0 Å². The second kappa shape index (κ2) is 6.43. The molecule has 94 valence electrons. The number of aliphatic hydroxyl groups is 1. The van der Waals surface area contributed by atoms with E-state index in [9.17, 15) is 9.59 Å². The predicted octanol–water partition coefficient (Wildman–Crippen LogP) is -1.98. The van der Waals surface area contributed by atoms with Crippen LogP contribution in [0.2, 0.25) is 0 Å². The van der Waals surface area contributed by atoms with Gasteiger partial charge < -0.3 is 20.8 Å². The van der Waals surface area contributed by atoms with Crippen molar-refractivity contribution in [1.29, 1.82) is 0 Å². The Bertz CT molecular complexity index is 366. The number of carbonyl (C=O) groups excluding carboxylic acids is 1. The van der Waals surface area contributed by atoms with Gasteiger partial charge in [0.2, 0.25) is 0 Å². The van der Waals surface area contributed by atoms with Gasteiger partial charge in [0, 0.05) is 12.7 Å². The Balaban J connectivity index is 2.11. The highest BCUT2D eigenvalue weighted by Crippen LogP contribution is 1.81. The van der Waals surface area contributed by atoms with Gasteiger partial charge in [0.25, 0.3) is 0 Å². The van der Waals surface area contributed by atoms with E-state index < -0.39 is 18.1 Å². The van der Waals surface area contributed by atoms with Crippen LogP contribution in [0.5, 0.6) is 0 Å². The molecule has 0 aliphatic rings. The number of hydrogen-bond acceptors (Lipinski definition) is 5. The number of carbonyl (C=O) groups is 2. The molecule has 0 bridgehead atoms. The van der Waals surface area contributed by atoms with Crippen molar-refractivity contribution in [2.75, 3.05) is 13.1 Å². The maximum absolute atomic E-state index is 11.1. The summed E-state index contributed by atoms with van der Waals surface area (Å²) < 4.78 is 1.53. The summed E-state index contributed by atoms with van der Waals surface area (Å²) >= 11 is 0. The van der Waals surface area contributed by atoms with Crippen molar-refractivity contribution in [1.82, 2.24) is 25.6 Å². The first-order chi connectivity index (χ1) is 8.09. The van der Waals surface area contributed by atoms with Gasteiger partial charge in [-0.1, -0.05) is 5.21 Å². The van der Waals surface area contributed by atoms with E-state index in [-0.39, 0.29) is 6.54 Å². The van der Waals surface area contributed by atoms with Crippen LogP contribution in [0.3, 0.4) is 0 Å². The number of carboxylic acids is 1. The van der Waals surface area contributed by atoms with Crippen LogP contribution in [-0.4, -0.2) is 56.4 Å². The Morgan fingerprint density at radius 3 is 2.76 bits per heavy atom. The molecule has 0 saturated heterocycles. The number of aliphatic hydroxyl groups excluding tert-OH is 1. The number of aliphatic carboxylic acids is 1. The summed E-state index contributed by atoms with van der Waals surface area (Å²) in [6.45, 7) is 0.428. The van der Waals surface area contributed by atoms with E-state index in [0.29, 0.717) is 13.1 Å². The fourth-order valence-corrected chi connectivity index (χ4v) is 0.975. The summed E-state index contributed by atoms with van der Waals surface area (Å²) in [7, 11) is 0. The molecule has 1 aromatic heterocycles. The molecule has 0 aromatic carbocycles. The molecule has 1 heterocycles. The minimum Gasteiger partial charge on any atom is -0.479 e. The van der Waals surface area contributed by atoms with Gasteiger partial charge in [-0.3, -0.25) is 4.68 Å². The van der Waals surface area contributed by atoms with E-state index >= 15 is 0 Å². The van der Waals surface area contributed by atoms with Crippen molar-refractivity contribution >= 4 is 12.0 Å². The lowest BCUT2D eigenvalue weighted by atomic mass is 10.4. The topological polar surface area (TPSA) is 129 Å². The Morgan fingerprint density at radius 1 is 1.41 bits per heavy atom. The molecule has 0 saturated carbocycles. The minimum atomic E-state index is -1.60. The molecule has 0 radical (unpaired) electrons. The van der Waals surface area contributed by atoms with Crippen LogP contribution in [0, 0.1) is 0 Å². The predicted molar refractivity (Wildman–Crippen MR) is 55.1 cm³/mol. The molecular formula is C8H13N5O4. The van der Waals surface area contributed by atoms with Crippen molar-refractivity contribution in [3.05, 3.63) is 12.4 Å². The number of nitrogens with one attached hydrogen (secondary N) is 2. The number of amides is 2. The number of nitrogens with zero attached hydrogens (tertiary/aromatic N) is 3. The van der Waals surface area contributed by atoms with Crippen LogP contribution in [0.15, 0.2) is 12.4 Å². The van der Waals surface area contributed by atoms with E-state index in [2.05, 4.69) is 20.9 Å². The zero-order valence-electron chi connectivity index (χ0n) is 8.91. The van der Waals surface area contributed by atoms with Gasteiger partial charge in [-0.25, -0.2) is 9.59 Å². The number of hydrogen-bond donors (Lipinski definition) is 4. The summed E-state index contributed by atoms with van der Waals surface area (Å²) in [5.41, 5.74) is 0.